The van der Waals surface area contributed by atoms with E-state index >= 15 is 0 Å². The summed E-state index contributed by atoms with van der Waals surface area (Å²) in [6.07, 6.45) is -0.888. The maximum absolute atomic E-state index is 12.9. The second kappa shape index (κ2) is 8.13. The minimum atomic E-state index is -0.888. The fraction of sp³-hybridized carbons (Fsp3) is 0.333. The molecule has 0 bridgehead atoms. The van der Waals surface area contributed by atoms with Gasteiger partial charge in [0, 0.05) is 4.32 Å². The van der Waals surface area contributed by atoms with Crippen molar-refractivity contribution < 1.29 is 23.8 Å². The van der Waals surface area contributed by atoms with E-state index in [1.54, 1.807) is 57.2 Å². The number of carbonyl (C=O) groups excluding carboxylic acids is 2. The molecular formula is C21H23BrO5. The lowest BCUT2D eigenvalue weighted by molar-refractivity contribution is 0.0204. The summed E-state index contributed by atoms with van der Waals surface area (Å²) in [5, 5.41) is 0. The lowest BCUT2D eigenvalue weighted by Crippen LogP contribution is -2.27. The van der Waals surface area contributed by atoms with Crippen molar-refractivity contribution >= 4 is 28.1 Å². The molecule has 27 heavy (non-hydrogen) atoms. The molecule has 0 unspecified atom stereocenters. The van der Waals surface area contributed by atoms with E-state index in [1.807, 2.05) is 19.9 Å². The fourth-order valence-electron chi connectivity index (χ4n) is 2.33. The lowest BCUT2D eigenvalue weighted by atomic mass is 9.96. The number of hydrogen-bond donors (Lipinski definition) is 0. The summed E-state index contributed by atoms with van der Waals surface area (Å²) in [7, 11) is 0. The number of halogens is 1. The SMILES string of the molecule is CC(C)(C)OC(=O)Oc1cccc(C(C)(C)Br)c1C(=O)Oc1ccccc1. The van der Waals surface area contributed by atoms with Crippen LogP contribution in [0.1, 0.15) is 50.5 Å². The van der Waals surface area contributed by atoms with Crippen LogP contribution in [0.15, 0.2) is 48.5 Å². The quantitative estimate of drug-likeness (QED) is 0.261. The molecule has 0 radical (unpaired) electrons. The van der Waals surface area contributed by atoms with Gasteiger partial charge >= 0.3 is 12.1 Å². The molecule has 0 aromatic heterocycles. The predicted octanol–water partition coefficient (Wildman–Crippen LogP) is 5.85. The van der Waals surface area contributed by atoms with Crippen LogP contribution in [0.2, 0.25) is 0 Å². The van der Waals surface area contributed by atoms with Gasteiger partial charge in [0.05, 0.1) is 0 Å². The van der Waals surface area contributed by atoms with Crippen LogP contribution in [-0.2, 0) is 9.06 Å². The van der Waals surface area contributed by atoms with Crippen molar-refractivity contribution in [3.63, 3.8) is 0 Å². The molecule has 0 fully saturated rings. The smallest absolute Gasteiger partial charge is 0.428 e. The van der Waals surface area contributed by atoms with E-state index in [0.717, 1.165) is 0 Å². The van der Waals surface area contributed by atoms with Crippen LogP contribution in [0.5, 0.6) is 11.5 Å². The molecule has 0 heterocycles. The second-order valence-electron chi connectivity index (χ2n) is 7.42. The molecule has 0 N–H and O–H groups in total. The Hall–Kier alpha value is -2.34. The van der Waals surface area contributed by atoms with Crippen LogP contribution in [0.3, 0.4) is 0 Å². The zero-order chi connectivity index (χ0) is 20.2. The van der Waals surface area contributed by atoms with E-state index in [2.05, 4.69) is 15.9 Å². The van der Waals surface area contributed by atoms with Gasteiger partial charge in [0.2, 0.25) is 0 Å². The Kier molecular flexibility index (Phi) is 6.31. The standard InChI is InChI=1S/C21H23BrO5/c1-20(2,3)27-19(24)26-16-13-9-12-15(21(4,5)22)17(16)18(23)25-14-10-7-6-8-11-14/h6-13H,1-5H3. The summed E-state index contributed by atoms with van der Waals surface area (Å²) in [5.41, 5.74) is 0.0762. The Labute approximate surface area is 167 Å². The molecule has 2 rings (SSSR count). The van der Waals surface area contributed by atoms with Crippen molar-refractivity contribution in [3.05, 3.63) is 59.7 Å². The average molecular weight is 435 g/mol. The van der Waals surface area contributed by atoms with Crippen LogP contribution in [-0.4, -0.2) is 17.7 Å². The lowest BCUT2D eigenvalue weighted by Gasteiger charge is -2.23. The zero-order valence-corrected chi connectivity index (χ0v) is 17.6. The van der Waals surface area contributed by atoms with Gasteiger partial charge in [0.1, 0.15) is 22.7 Å². The van der Waals surface area contributed by atoms with Gasteiger partial charge < -0.3 is 14.2 Å². The Balaban J connectivity index is 2.42. The van der Waals surface area contributed by atoms with Crippen molar-refractivity contribution in [2.24, 2.45) is 0 Å². The topological polar surface area (TPSA) is 61.8 Å². The summed E-state index contributed by atoms with van der Waals surface area (Å²) in [4.78, 5) is 25.0. The van der Waals surface area contributed by atoms with Gasteiger partial charge in [-0.05, 0) is 58.4 Å². The highest BCUT2D eigenvalue weighted by atomic mass is 79.9. The first-order valence-electron chi connectivity index (χ1n) is 8.48. The summed E-state index contributed by atoms with van der Waals surface area (Å²) in [6.45, 7) is 8.97. The predicted molar refractivity (Wildman–Crippen MR) is 107 cm³/mol. The molecule has 0 spiro atoms. The van der Waals surface area contributed by atoms with E-state index < -0.39 is 22.0 Å². The van der Waals surface area contributed by atoms with Crippen molar-refractivity contribution in [2.45, 2.75) is 44.5 Å². The van der Waals surface area contributed by atoms with Gasteiger partial charge in [0.15, 0.2) is 0 Å². The van der Waals surface area contributed by atoms with Gasteiger partial charge in [-0.25, -0.2) is 9.59 Å². The van der Waals surface area contributed by atoms with Crippen LogP contribution >= 0.6 is 15.9 Å². The summed E-state index contributed by atoms with van der Waals surface area (Å²) < 4.78 is 15.4. The molecule has 0 amide bonds. The molecule has 6 heteroatoms. The number of rotatable bonds is 4. The zero-order valence-electron chi connectivity index (χ0n) is 16.0. The maximum Gasteiger partial charge on any atom is 0.514 e. The number of para-hydroxylation sites is 1. The van der Waals surface area contributed by atoms with Gasteiger partial charge in [-0.3, -0.25) is 0 Å². The van der Waals surface area contributed by atoms with Gasteiger partial charge in [0.25, 0.3) is 0 Å². The summed E-state index contributed by atoms with van der Waals surface area (Å²) >= 11 is 3.56. The third-order valence-electron chi connectivity index (χ3n) is 3.41. The molecule has 144 valence electrons. The first-order chi connectivity index (χ1) is 12.5. The second-order valence-corrected chi connectivity index (χ2v) is 9.40. The highest BCUT2D eigenvalue weighted by Crippen LogP contribution is 2.37. The molecule has 0 aliphatic rings. The largest absolute Gasteiger partial charge is 0.514 e. The number of alkyl halides is 1. The average Bonchev–Trinajstić information content (AvgIpc) is 2.52. The molecule has 0 atom stereocenters. The maximum atomic E-state index is 12.9. The Morgan fingerprint density at radius 2 is 1.48 bits per heavy atom. The number of carbonyl (C=O) groups is 2. The fourth-order valence-corrected chi connectivity index (χ4v) is 2.66. The number of ether oxygens (including phenoxy) is 3. The molecule has 5 nitrogen and oxygen atoms in total. The van der Waals surface area contributed by atoms with E-state index in [4.69, 9.17) is 14.2 Å². The third kappa shape index (κ3) is 6.10. The molecule has 2 aromatic carbocycles. The summed E-state index contributed by atoms with van der Waals surface area (Å²) in [5.74, 6) is -0.147. The van der Waals surface area contributed by atoms with Gasteiger partial charge in [-0.1, -0.05) is 46.3 Å². The molecule has 0 saturated carbocycles. The van der Waals surface area contributed by atoms with E-state index in [-0.39, 0.29) is 11.3 Å². The molecule has 0 aliphatic heterocycles. The monoisotopic (exact) mass is 434 g/mol. The van der Waals surface area contributed by atoms with Crippen LogP contribution < -0.4 is 9.47 Å². The van der Waals surface area contributed by atoms with Crippen LogP contribution in [0, 0.1) is 0 Å². The van der Waals surface area contributed by atoms with Crippen molar-refractivity contribution in [1.29, 1.82) is 0 Å². The Bertz CT molecular complexity index is 817. The molecule has 0 aliphatic carbocycles. The third-order valence-corrected chi connectivity index (χ3v) is 3.83. The Morgan fingerprint density at radius 1 is 0.852 bits per heavy atom. The van der Waals surface area contributed by atoms with E-state index in [1.165, 1.54) is 6.07 Å². The highest BCUT2D eigenvalue weighted by Gasteiger charge is 2.29. The Morgan fingerprint density at radius 3 is 2.04 bits per heavy atom. The van der Waals surface area contributed by atoms with Crippen molar-refractivity contribution in [2.75, 3.05) is 0 Å². The number of hydrogen-bond acceptors (Lipinski definition) is 5. The first kappa shape index (κ1) is 21.0. The minimum Gasteiger partial charge on any atom is -0.428 e. The van der Waals surface area contributed by atoms with Gasteiger partial charge in [-0.15, -0.1) is 0 Å². The van der Waals surface area contributed by atoms with E-state index in [9.17, 15) is 9.59 Å². The van der Waals surface area contributed by atoms with E-state index in [0.29, 0.717) is 11.3 Å². The van der Waals surface area contributed by atoms with Gasteiger partial charge in [-0.2, -0.15) is 0 Å². The number of benzene rings is 2. The van der Waals surface area contributed by atoms with Crippen LogP contribution in [0.4, 0.5) is 4.79 Å². The van der Waals surface area contributed by atoms with Crippen molar-refractivity contribution in [3.8, 4) is 11.5 Å². The number of esters is 1. The normalized spacial score (nSPS) is 11.6. The summed E-state index contributed by atoms with van der Waals surface area (Å²) in [6, 6.07) is 13.7. The molecular weight excluding hydrogens is 412 g/mol. The first-order valence-corrected chi connectivity index (χ1v) is 9.27. The van der Waals surface area contributed by atoms with Crippen molar-refractivity contribution in [1.82, 2.24) is 0 Å². The molecule has 0 saturated heterocycles. The molecule has 2 aromatic rings. The highest BCUT2D eigenvalue weighted by molar-refractivity contribution is 9.09. The van der Waals surface area contributed by atoms with Crippen LogP contribution in [0.25, 0.3) is 0 Å². The minimum absolute atomic E-state index is 0.0789.